The highest BCUT2D eigenvalue weighted by Crippen LogP contribution is 2.13. The van der Waals surface area contributed by atoms with Gasteiger partial charge in [-0.1, -0.05) is 25.5 Å². The van der Waals surface area contributed by atoms with Gasteiger partial charge in [-0.3, -0.25) is 0 Å². The summed E-state index contributed by atoms with van der Waals surface area (Å²) in [5, 5.41) is 3.35. The Morgan fingerprint density at radius 2 is 1.82 bits per heavy atom. The van der Waals surface area contributed by atoms with Crippen LogP contribution in [0.25, 0.3) is 0 Å². The van der Waals surface area contributed by atoms with Crippen LogP contribution < -0.4 is 5.32 Å². The Balaban J connectivity index is 1.90. The van der Waals surface area contributed by atoms with Gasteiger partial charge in [-0.2, -0.15) is 0 Å². The lowest BCUT2D eigenvalue weighted by Crippen LogP contribution is -1.98. The minimum atomic E-state index is 0.737. The summed E-state index contributed by atoms with van der Waals surface area (Å²) in [5.41, 5.74) is 2.53. The maximum Gasteiger partial charge on any atom is 0.123 e. The molecule has 1 aromatic carbocycles. The molecule has 0 atom stereocenters. The first kappa shape index (κ1) is 11.8. The van der Waals surface area contributed by atoms with E-state index in [2.05, 4.69) is 36.5 Å². The molecular weight excluding hydrogens is 210 g/mol. The zero-order valence-electron chi connectivity index (χ0n) is 10.5. The van der Waals surface area contributed by atoms with Gasteiger partial charge in [-0.25, -0.2) is 0 Å². The van der Waals surface area contributed by atoms with Crippen LogP contribution in [-0.4, -0.2) is 0 Å². The van der Waals surface area contributed by atoms with E-state index in [1.54, 1.807) is 0 Å². The van der Waals surface area contributed by atoms with Gasteiger partial charge in [0.25, 0.3) is 0 Å². The van der Waals surface area contributed by atoms with Crippen LogP contribution in [0.5, 0.6) is 0 Å². The molecule has 90 valence electrons. The fourth-order valence-corrected chi connectivity index (χ4v) is 1.85. The molecule has 2 nitrogen and oxygen atoms in total. The standard InChI is InChI=1S/C15H19NO/c1-3-4-13-6-8-14(9-7-13)16-11-15-10-5-12(2)17-15/h5-10,16H,3-4,11H2,1-2H3. The largest absolute Gasteiger partial charge is 0.465 e. The van der Waals surface area contributed by atoms with Gasteiger partial charge < -0.3 is 9.73 Å². The Morgan fingerprint density at radius 1 is 1.06 bits per heavy atom. The Bertz CT molecular complexity index is 456. The molecule has 0 fully saturated rings. The SMILES string of the molecule is CCCc1ccc(NCc2ccc(C)o2)cc1. The van der Waals surface area contributed by atoms with E-state index >= 15 is 0 Å². The van der Waals surface area contributed by atoms with E-state index in [9.17, 15) is 0 Å². The quantitative estimate of drug-likeness (QED) is 0.833. The van der Waals surface area contributed by atoms with E-state index in [1.165, 1.54) is 12.0 Å². The summed E-state index contributed by atoms with van der Waals surface area (Å²) in [5.74, 6) is 1.93. The third-order valence-electron chi connectivity index (χ3n) is 2.76. The molecule has 1 heterocycles. The van der Waals surface area contributed by atoms with E-state index in [1.807, 2.05) is 19.1 Å². The molecule has 17 heavy (non-hydrogen) atoms. The highest BCUT2D eigenvalue weighted by atomic mass is 16.3. The number of anilines is 1. The number of furan rings is 1. The lowest BCUT2D eigenvalue weighted by atomic mass is 10.1. The summed E-state index contributed by atoms with van der Waals surface area (Å²) >= 11 is 0. The van der Waals surface area contributed by atoms with Crippen molar-refractivity contribution in [1.29, 1.82) is 0 Å². The van der Waals surface area contributed by atoms with Crippen LogP contribution >= 0.6 is 0 Å². The summed E-state index contributed by atoms with van der Waals surface area (Å²) in [7, 11) is 0. The third-order valence-corrected chi connectivity index (χ3v) is 2.76. The molecule has 0 saturated carbocycles. The molecule has 0 radical (unpaired) electrons. The van der Waals surface area contributed by atoms with Gasteiger partial charge >= 0.3 is 0 Å². The number of hydrogen-bond donors (Lipinski definition) is 1. The molecule has 2 rings (SSSR count). The maximum atomic E-state index is 5.51. The highest BCUT2D eigenvalue weighted by Gasteiger charge is 1.98. The van der Waals surface area contributed by atoms with E-state index in [4.69, 9.17) is 4.42 Å². The third kappa shape index (κ3) is 3.38. The summed E-state index contributed by atoms with van der Waals surface area (Å²) in [6.45, 7) is 4.90. The van der Waals surface area contributed by atoms with Crippen LogP contribution in [-0.2, 0) is 13.0 Å². The molecule has 2 aromatic rings. The van der Waals surface area contributed by atoms with Crippen LogP contribution in [0.4, 0.5) is 5.69 Å². The van der Waals surface area contributed by atoms with Gasteiger partial charge in [-0.15, -0.1) is 0 Å². The smallest absolute Gasteiger partial charge is 0.123 e. The normalized spacial score (nSPS) is 10.5. The summed E-state index contributed by atoms with van der Waals surface area (Å²) in [6.07, 6.45) is 2.34. The van der Waals surface area contributed by atoms with Crippen LogP contribution in [0.3, 0.4) is 0 Å². The van der Waals surface area contributed by atoms with Gasteiger partial charge in [0.1, 0.15) is 11.5 Å². The first-order valence-corrected chi connectivity index (χ1v) is 6.16. The predicted octanol–water partition coefficient (Wildman–Crippen LogP) is 4.15. The molecule has 0 spiro atoms. The van der Waals surface area contributed by atoms with E-state index < -0.39 is 0 Å². The second-order valence-electron chi connectivity index (χ2n) is 4.31. The molecular formula is C15H19NO. The second-order valence-corrected chi connectivity index (χ2v) is 4.31. The van der Waals surface area contributed by atoms with Gasteiger partial charge in [0.2, 0.25) is 0 Å². The molecule has 0 unspecified atom stereocenters. The van der Waals surface area contributed by atoms with Crippen molar-refractivity contribution in [1.82, 2.24) is 0 Å². The van der Waals surface area contributed by atoms with Crippen molar-refractivity contribution in [2.75, 3.05) is 5.32 Å². The first-order chi connectivity index (χ1) is 8.28. The summed E-state index contributed by atoms with van der Waals surface area (Å²) < 4.78 is 5.51. The van der Waals surface area contributed by atoms with Crippen LogP contribution in [0.2, 0.25) is 0 Å². The second kappa shape index (κ2) is 5.58. The van der Waals surface area contributed by atoms with Gasteiger partial charge in [-0.05, 0) is 43.2 Å². The molecule has 0 aliphatic carbocycles. The zero-order valence-corrected chi connectivity index (χ0v) is 10.5. The van der Waals surface area contributed by atoms with Crippen molar-refractivity contribution >= 4 is 5.69 Å². The number of nitrogens with one attached hydrogen (secondary N) is 1. The van der Waals surface area contributed by atoms with Gasteiger partial charge in [0.15, 0.2) is 0 Å². The average Bonchev–Trinajstić information content (AvgIpc) is 2.75. The topological polar surface area (TPSA) is 25.2 Å². The minimum Gasteiger partial charge on any atom is -0.465 e. The van der Waals surface area contributed by atoms with Crippen molar-refractivity contribution in [2.45, 2.75) is 33.2 Å². The van der Waals surface area contributed by atoms with Crippen molar-refractivity contribution in [3.8, 4) is 0 Å². The molecule has 0 amide bonds. The van der Waals surface area contributed by atoms with Crippen molar-refractivity contribution < 1.29 is 4.42 Å². The minimum absolute atomic E-state index is 0.737. The van der Waals surface area contributed by atoms with Crippen molar-refractivity contribution in [2.24, 2.45) is 0 Å². The molecule has 0 aliphatic heterocycles. The lowest BCUT2D eigenvalue weighted by molar-refractivity contribution is 0.490. The number of benzene rings is 1. The number of hydrogen-bond acceptors (Lipinski definition) is 2. The Kier molecular flexibility index (Phi) is 3.86. The van der Waals surface area contributed by atoms with Crippen LogP contribution in [0.15, 0.2) is 40.8 Å². The monoisotopic (exact) mass is 229 g/mol. The predicted molar refractivity (Wildman–Crippen MR) is 71.2 cm³/mol. The zero-order chi connectivity index (χ0) is 12.1. The first-order valence-electron chi connectivity index (χ1n) is 6.16. The van der Waals surface area contributed by atoms with E-state index in [0.29, 0.717) is 0 Å². The van der Waals surface area contributed by atoms with E-state index in [-0.39, 0.29) is 0 Å². The molecule has 1 N–H and O–H groups in total. The maximum absolute atomic E-state index is 5.51. The number of aryl methyl sites for hydroxylation is 2. The fraction of sp³-hybridized carbons (Fsp3) is 0.333. The molecule has 1 aromatic heterocycles. The Hall–Kier alpha value is -1.70. The molecule has 0 aliphatic rings. The van der Waals surface area contributed by atoms with Crippen molar-refractivity contribution in [3.05, 3.63) is 53.5 Å². The van der Waals surface area contributed by atoms with Crippen molar-refractivity contribution in [3.63, 3.8) is 0 Å². The van der Waals surface area contributed by atoms with Gasteiger partial charge in [0.05, 0.1) is 6.54 Å². The fourth-order valence-electron chi connectivity index (χ4n) is 1.85. The number of rotatable bonds is 5. The molecule has 0 saturated heterocycles. The van der Waals surface area contributed by atoms with Crippen LogP contribution in [0.1, 0.15) is 30.4 Å². The Labute approximate surface area is 103 Å². The van der Waals surface area contributed by atoms with E-state index in [0.717, 1.165) is 30.2 Å². The van der Waals surface area contributed by atoms with Crippen LogP contribution in [0, 0.1) is 6.92 Å². The highest BCUT2D eigenvalue weighted by molar-refractivity contribution is 5.44. The lowest BCUT2D eigenvalue weighted by Gasteiger charge is -2.05. The van der Waals surface area contributed by atoms with Gasteiger partial charge in [0, 0.05) is 5.69 Å². The summed E-state index contributed by atoms with van der Waals surface area (Å²) in [4.78, 5) is 0. The Morgan fingerprint density at radius 3 is 2.41 bits per heavy atom. The molecule has 0 bridgehead atoms. The summed E-state index contributed by atoms with van der Waals surface area (Å²) in [6, 6.07) is 12.6. The average molecular weight is 229 g/mol. The molecule has 2 heteroatoms.